The van der Waals surface area contributed by atoms with Gasteiger partial charge in [0.15, 0.2) is 5.78 Å². The molecule has 0 saturated carbocycles. The molecule has 1 N–H and O–H groups in total. The molecule has 1 heterocycles. The average Bonchev–Trinajstić information content (AvgIpc) is 2.53. The summed E-state index contributed by atoms with van der Waals surface area (Å²) in [6, 6.07) is 2.51. The molecule has 1 aromatic carbocycles. The van der Waals surface area contributed by atoms with E-state index in [9.17, 15) is 26.8 Å². The number of carbonyl (C=O) groups excluding carboxylic acids is 2. The Morgan fingerprint density at radius 3 is 2.38 bits per heavy atom. The van der Waals surface area contributed by atoms with Crippen molar-refractivity contribution in [3.05, 3.63) is 35.4 Å². The lowest BCUT2D eigenvalue weighted by atomic mass is 10.1. The Morgan fingerprint density at radius 2 is 1.75 bits per heavy atom. The van der Waals surface area contributed by atoms with Crippen LogP contribution in [0.1, 0.15) is 42.5 Å². The number of rotatable bonds is 6. The van der Waals surface area contributed by atoms with Gasteiger partial charge in [0.2, 0.25) is 5.91 Å². The van der Waals surface area contributed by atoms with E-state index in [4.69, 9.17) is 0 Å². The van der Waals surface area contributed by atoms with Crippen molar-refractivity contribution in [2.24, 2.45) is 0 Å². The van der Waals surface area contributed by atoms with Gasteiger partial charge in [0.1, 0.15) is 11.6 Å². The van der Waals surface area contributed by atoms with Crippen molar-refractivity contribution >= 4 is 21.9 Å². The van der Waals surface area contributed by atoms with E-state index in [0.717, 1.165) is 31.4 Å². The number of hydrogen-bond acceptors (Lipinski definition) is 4. The normalized spacial score (nSPS) is 15.9. The highest BCUT2D eigenvalue weighted by Crippen LogP contribution is 2.14. The lowest BCUT2D eigenvalue weighted by Gasteiger charge is -2.25. The third-order valence-electron chi connectivity index (χ3n) is 3.71. The van der Waals surface area contributed by atoms with Crippen LogP contribution < -0.4 is 4.72 Å². The van der Waals surface area contributed by atoms with Crippen molar-refractivity contribution in [2.45, 2.75) is 32.1 Å². The Bertz CT molecular complexity index is 731. The van der Waals surface area contributed by atoms with Gasteiger partial charge in [-0.15, -0.1) is 0 Å². The zero-order valence-electron chi connectivity index (χ0n) is 12.9. The molecule has 1 aromatic rings. The molecular formula is C15H18F2N2O4S. The van der Waals surface area contributed by atoms with E-state index in [1.165, 1.54) is 4.31 Å². The second-order valence-corrected chi connectivity index (χ2v) is 7.21. The van der Waals surface area contributed by atoms with Crippen LogP contribution in [0.5, 0.6) is 0 Å². The van der Waals surface area contributed by atoms with Crippen molar-refractivity contribution in [2.75, 3.05) is 13.1 Å². The minimum atomic E-state index is -3.91. The number of nitrogens with zero attached hydrogens (tertiary/aromatic N) is 1. The van der Waals surface area contributed by atoms with E-state index >= 15 is 0 Å². The van der Waals surface area contributed by atoms with E-state index in [1.54, 1.807) is 0 Å². The van der Waals surface area contributed by atoms with E-state index in [1.807, 2.05) is 4.72 Å². The fourth-order valence-corrected chi connectivity index (χ4v) is 3.70. The summed E-state index contributed by atoms with van der Waals surface area (Å²) in [5.74, 6) is -3.36. The maximum absolute atomic E-state index is 13.5. The molecule has 132 valence electrons. The van der Waals surface area contributed by atoms with Gasteiger partial charge in [-0.3, -0.25) is 9.59 Å². The Kier molecular flexibility index (Phi) is 6.00. The van der Waals surface area contributed by atoms with Gasteiger partial charge in [-0.2, -0.15) is 12.7 Å². The van der Waals surface area contributed by atoms with Crippen LogP contribution in [-0.4, -0.2) is 37.5 Å². The monoisotopic (exact) mass is 360 g/mol. The predicted octanol–water partition coefficient (Wildman–Crippen LogP) is 1.77. The number of ketones is 1. The Balaban J connectivity index is 1.89. The molecule has 9 heteroatoms. The van der Waals surface area contributed by atoms with E-state index in [-0.39, 0.29) is 12.0 Å². The van der Waals surface area contributed by atoms with Crippen LogP contribution in [0.4, 0.5) is 8.78 Å². The van der Waals surface area contributed by atoms with Crippen molar-refractivity contribution in [1.29, 1.82) is 0 Å². The summed E-state index contributed by atoms with van der Waals surface area (Å²) in [6.07, 6.45) is 1.64. The van der Waals surface area contributed by atoms with Crippen molar-refractivity contribution in [3.8, 4) is 0 Å². The summed E-state index contributed by atoms with van der Waals surface area (Å²) in [4.78, 5) is 23.6. The van der Waals surface area contributed by atoms with Crippen molar-refractivity contribution in [1.82, 2.24) is 9.03 Å². The third kappa shape index (κ3) is 4.81. The first-order chi connectivity index (χ1) is 11.3. The molecule has 0 spiro atoms. The Morgan fingerprint density at radius 1 is 1.08 bits per heavy atom. The number of nitrogens with one attached hydrogen (secondary N) is 1. The average molecular weight is 360 g/mol. The SMILES string of the molecule is O=C(CCC(=O)c1ccc(F)cc1F)NS(=O)(=O)N1CCCCC1. The zero-order chi connectivity index (χ0) is 17.7. The molecule has 1 saturated heterocycles. The molecular weight excluding hydrogens is 342 g/mol. The van der Waals surface area contributed by atoms with Crippen molar-refractivity contribution in [3.63, 3.8) is 0 Å². The van der Waals surface area contributed by atoms with Gasteiger partial charge in [0.05, 0.1) is 5.56 Å². The van der Waals surface area contributed by atoms with Crippen LogP contribution in [0, 0.1) is 11.6 Å². The minimum Gasteiger partial charge on any atom is -0.294 e. The standard InChI is InChI=1S/C15H18F2N2O4S/c16-11-4-5-12(13(17)10-11)14(20)6-7-15(21)18-24(22,23)19-8-2-1-3-9-19/h4-5,10H,1-3,6-9H2,(H,18,21). The minimum absolute atomic E-state index is 0.330. The van der Waals surface area contributed by atoms with Gasteiger partial charge in [0, 0.05) is 32.0 Å². The molecule has 2 rings (SSSR count). The van der Waals surface area contributed by atoms with Gasteiger partial charge < -0.3 is 0 Å². The van der Waals surface area contributed by atoms with E-state index in [2.05, 4.69) is 0 Å². The van der Waals surface area contributed by atoms with Crippen LogP contribution in [0.2, 0.25) is 0 Å². The summed E-state index contributed by atoms with van der Waals surface area (Å²) in [5, 5.41) is 0. The van der Waals surface area contributed by atoms with Crippen molar-refractivity contribution < 1.29 is 26.8 Å². The summed E-state index contributed by atoms with van der Waals surface area (Å²) in [6.45, 7) is 0.699. The van der Waals surface area contributed by atoms with E-state index in [0.29, 0.717) is 19.2 Å². The molecule has 0 atom stereocenters. The van der Waals surface area contributed by atoms with Gasteiger partial charge in [-0.25, -0.2) is 13.5 Å². The zero-order valence-corrected chi connectivity index (χ0v) is 13.7. The summed E-state index contributed by atoms with van der Waals surface area (Å²) in [5.41, 5.74) is -0.330. The molecule has 1 aliphatic heterocycles. The Labute approximate surface area is 139 Å². The molecule has 0 unspecified atom stereocenters. The number of Topliss-reactive ketones (excluding diaryl/α,β-unsaturated/α-hetero) is 1. The summed E-state index contributed by atoms with van der Waals surface area (Å²) >= 11 is 0. The summed E-state index contributed by atoms with van der Waals surface area (Å²) in [7, 11) is -3.91. The van der Waals surface area contributed by atoms with E-state index < -0.39 is 40.0 Å². The van der Waals surface area contributed by atoms with Crippen LogP contribution in [0.25, 0.3) is 0 Å². The fraction of sp³-hybridized carbons (Fsp3) is 0.467. The number of carbonyl (C=O) groups is 2. The maximum atomic E-state index is 13.5. The highest BCUT2D eigenvalue weighted by Gasteiger charge is 2.25. The quantitative estimate of drug-likeness (QED) is 0.784. The molecule has 24 heavy (non-hydrogen) atoms. The number of benzene rings is 1. The van der Waals surface area contributed by atoms with Crippen LogP contribution in [0.3, 0.4) is 0 Å². The lowest BCUT2D eigenvalue weighted by Crippen LogP contribution is -2.45. The number of amides is 1. The van der Waals surface area contributed by atoms with Crippen LogP contribution >= 0.6 is 0 Å². The smallest absolute Gasteiger partial charge is 0.294 e. The third-order valence-corrected chi connectivity index (χ3v) is 5.24. The van der Waals surface area contributed by atoms with Crippen LogP contribution in [-0.2, 0) is 15.0 Å². The number of piperidine rings is 1. The molecule has 0 aromatic heterocycles. The lowest BCUT2D eigenvalue weighted by molar-refractivity contribution is -0.119. The molecule has 6 nitrogen and oxygen atoms in total. The largest absolute Gasteiger partial charge is 0.303 e. The van der Waals surface area contributed by atoms with Gasteiger partial charge >= 0.3 is 10.2 Å². The van der Waals surface area contributed by atoms with Gasteiger partial charge in [-0.05, 0) is 25.0 Å². The van der Waals surface area contributed by atoms with Gasteiger partial charge in [0.25, 0.3) is 0 Å². The molecule has 1 fully saturated rings. The highest BCUT2D eigenvalue weighted by atomic mass is 32.2. The molecule has 0 aliphatic carbocycles. The summed E-state index contributed by atoms with van der Waals surface area (Å²) < 4.78 is 53.4. The predicted molar refractivity (Wildman–Crippen MR) is 82.4 cm³/mol. The maximum Gasteiger partial charge on any atom is 0.303 e. The highest BCUT2D eigenvalue weighted by molar-refractivity contribution is 7.87. The first-order valence-corrected chi connectivity index (χ1v) is 9.02. The second kappa shape index (κ2) is 7.80. The molecule has 0 bridgehead atoms. The first-order valence-electron chi connectivity index (χ1n) is 7.58. The second-order valence-electron chi connectivity index (χ2n) is 5.54. The number of halogens is 2. The number of hydrogen-bond donors (Lipinski definition) is 1. The fourth-order valence-electron chi connectivity index (χ4n) is 2.44. The molecule has 1 aliphatic rings. The van der Waals surface area contributed by atoms with Crippen LogP contribution in [0.15, 0.2) is 18.2 Å². The first kappa shape index (κ1) is 18.5. The topological polar surface area (TPSA) is 83.5 Å². The molecule has 0 radical (unpaired) electrons. The Hall–Kier alpha value is -1.87. The molecule has 1 amide bonds. The van der Waals surface area contributed by atoms with Gasteiger partial charge in [-0.1, -0.05) is 6.42 Å².